The van der Waals surface area contributed by atoms with Gasteiger partial charge in [0, 0.05) is 5.92 Å². The molecule has 0 aromatic heterocycles. The van der Waals surface area contributed by atoms with Crippen molar-refractivity contribution >= 4 is 21.7 Å². The lowest BCUT2D eigenvalue weighted by atomic mass is 10.1. The van der Waals surface area contributed by atoms with Crippen molar-refractivity contribution in [3.63, 3.8) is 0 Å². The van der Waals surface area contributed by atoms with Crippen molar-refractivity contribution in [1.29, 1.82) is 0 Å². The summed E-state index contributed by atoms with van der Waals surface area (Å²) in [5.74, 6) is 0.530. The Morgan fingerprint density at radius 3 is 2.38 bits per heavy atom. The average Bonchev–Trinajstić information content (AvgIpc) is 1.84. The summed E-state index contributed by atoms with van der Waals surface area (Å²) in [6.07, 6.45) is 0.949. The molecule has 0 saturated carbocycles. The summed E-state index contributed by atoms with van der Waals surface area (Å²) in [5, 5.41) is 0.502. The Morgan fingerprint density at radius 1 is 1.75 bits per heavy atom. The van der Waals surface area contributed by atoms with Crippen LogP contribution < -0.4 is 0 Å². The molecule has 0 heterocycles. The fourth-order valence-corrected chi connectivity index (χ4v) is 0.912. The predicted octanol–water partition coefficient (Wildman–Crippen LogP) is 2.00. The quantitative estimate of drug-likeness (QED) is 0.605. The Balaban J connectivity index is 3.46. The van der Waals surface area contributed by atoms with Gasteiger partial charge in [-0.3, -0.25) is 4.79 Å². The zero-order chi connectivity index (χ0) is 6.57. The smallest absolute Gasteiger partial charge is 0.146 e. The highest BCUT2D eigenvalue weighted by molar-refractivity contribution is 9.09. The van der Waals surface area contributed by atoms with Crippen LogP contribution >= 0.6 is 15.9 Å². The number of Topliss-reactive ketones (excluding diaryl/α,β-unsaturated/α-hetero) is 1. The highest BCUT2D eigenvalue weighted by Gasteiger charge is 2.06. The number of carbonyl (C=O) groups is 1. The Labute approximate surface area is 58.6 Å². The van der Waals surface area contributed by atoms with Gasteiger partial charge in [0.15, 0.2) is 0 Å². The molecule has 1 unspecified atom stereocenters. The van der Waals surface area contributed by atoms with Crippen LogP contribution in [0.3, 0.4) is 0 Å². The second-order valence-electron chi connectivity index (χ2n) is 1.91. The summed E-state index contributed by atoms with van der Waals surface area (Å²) in [4.78, 5) is 10.7. The molecule has 1 nitrogen and oxygen atoms in total. The number of alkyl halides is 1. The van der Waals surface area contributed by atoms with E-state index in [1.807, 2.05) is 13.8 Å². The molecule has 0 spiro atoms. The third kappa shape index (κ3) is 2.46. The van der Waals surface area contributed by atoms with Crippen LogP contribution in [-0.2, 0) is 4.79 Å². The molecule has 0 aliphatic rings. The molecule has 0 aromatic carbocycles. The summed E-state index contributed by atoms with van der Waals surface area (Å²) in [6, 6.07) is 0. The van der Waals surface area contributed by atoms with Gasteiger partial charge in [0.2, 0.25) is 0 Å². The zero-order valence-electron chi connectivity index (χ0n) is 5.28. The zero-order valence-corrected chi connectivity index (χ0v) is 6.86. The minimum Gasteiger partial charge on any atom is -0.298 e. The van der Waals surface area contributed by atoms with Crippen molar-refractivity contribution in [2.75, 3.05) is 5.33 Å². The van der Waals surface area contributed by atoms with Crippen molar-refractivity contribution in [3.05, 3.63) is 0 Å². The molecule has 0 rings (SSSR count). The number of halogens is 1. The summed E-state index contributed by atoms with van der Waals surface area (Å²) >= 11 is 3.11. The number of hydrogen-bond acceptors (Lipinski definition) is 1. The van der Waals surface area contributed by atoms with Gasteiger partial charge in [-0.25, -0.2) is 0 Å². The first-order valence-corrected chi connectivity index (χ1v) is 3.93. The highest BCUT2D eigenvalue weighted by atomic mass is 79.9. The number of carbonyl (C=O) groups excluding carboxylic acids is 1. The van der Waals surface area contributed by atoms with Gasteiger partial charge in [-0.1, -0.05) is 29.8 Å². The maximum atomic E-state index is 10.7. The maximum absolute atomic E-state index is 10.7. The lowest BCUT2D eigenvalue weighted by molar-refractivity contribution is -0.119. The molecule has 0 N–H and O–H groups in total. The minimum atomic E-state index is 0.231. The predicted molar refractivity (Wildman–Crippen MR) is 38.3 cm³/mol. The van der Waals surface area contributed by atoms with E-state index in [1.54, 1.807) is 0 Å². The van der Waals surface area contributed by atoms with Crippen LogP contribution in [0.15, 0.2) is 0 Å². The van der Waals surface area contributed by atoms with E-state index in [-0.39, 0.29) is 5.92 Å². The number of hydrogen-bond donors (Lipinski definition) is 0. The summed E-state index contributed by atoms with van der Waals surface area (Å²) in [5.41, 5.74) is 0. The molecule has 0 fully saturated rings. The molecule has 0 aliphatic heterocycles. The first-order valence-electron chi connectivity index (χ1n) is 2.81. The molecule has 0 bridgehead atoms. The van der Waals surface area contributed by atoms with Crippen LogP contribution in [0.5, 0.6) is 0 Å². The molecule has 0 aromatic rings. The first-order chi connectivity index (χ1) is 3.72. The van der Waals surface area contributed by atoms with Crippen molar-refractivity contribution in [2.24, 2.45) is 5.92 Å². The van der Waals surface area contributed by atoms with Gasteiger partial charge in [-0.2, -0.15) is 0 Å². The Morgan fingerprint density at radius 2 is 2.25 bits per heavy atom. The minimum absolute atomic E-state index is 0.231. The summed E-state index contributed by atoms with van der Waals surface area (Å²) in [7, 11) is 0. The summed E-state index contributed by atoms with van der Waals surface area (Å²) in [6.45, 7) is 3.97. The van der Waals surface area contributed by atoms with Crippen LogP contribution in [0.2, 0.25) is 0 Å². The van der Waals surface area contributed by atoms with Gasteiger partial charge in [-0.05, 0) is 6.42 Å². The topological polar surface area (TPSA) is 17.1 Å². The van der Waals surface area contributed by atoms with Crippen molar-refractivity contribution in [2.45, 2.75) is 20.3 Å². The lowest BCUT2D eigenvalue weighted by Gasteiger charge is -2.01. The van der Waals surface area contributed by atoms with Crippen molar-refractivity contribution in [3.8, 4) is 0 Å². The molecule has 8 heavy (non-hydrogen) atoms. The second kappa shape index (κ2) is 4.07. The summed E-state index contributed by atoms with van der Waals surface area (Å²) < 4.78 is 0. The lowest BCUT2D eigenvalue weighted by Crippen LogP contribution is -2.09. The van der Waals surface area contributed by atoms with Gasteiger partial charge >= 0.3 is 0 Å². The SMILES string of the molecule is CCC(C)C(=O)CBr. The van der Waals surface area contributed by atoms with Gasteiger partial charge in [-0.15, -0.1) is 0 Å². The van der Waals surface area contributed by atoms with Crippen LogP contribution in [-0.4, -0.2) is 11.1 Å². The Bertz CT molecular complexity index is 80.6. The Kier molecular flexibility index (Phi) is 4.15. The molecular weight excluding hydrogens is 168 g/mol. The monoisotopic (exact) mass is 178 g/mol. The van der Waals surface area contributed by atoms with Crippen LogP contribution in [0.1, 0.15) is 20.3 Å². The average molecular weight is 179 g/mol. The second-order valence-corrected chi connectivity index (χ2v) is 2.47. The standard InChI is InChI=1S/C6H11BrO/c1-3-5(2)6(8)4-7/h5H,3-4H2,1-2H3. The van der Waals surface area contributed by atoms with Gasteiger partial charge in [0.1, 0.15) is 5.78 Å². The molecule has 0 aliphatic carbocycles. The van der Waals surface area contributed by atoms with E-state index in [0.29, 0.717) is 11.1 Å². The number of rotatable bonds is 3. The fraction of sp³-hybridized carbons (Fsp3) is 0.833. The molecule has 0 saturated heterocycles. The van der Waals surface area contributed by atoms with E-state index in [4.69, 9.17) is 0 Å². The first kappa shape index (κ1) is 8.15. The van der Waals surface area contributed by atoms with Crippen LogP contribution in [0.4, 0.5) is 0 Å². The largest absolute Gasteiger partial charge is 0.298 e. The normalized spacial score (nSPS) is 13.4. The third-order valence-electron chi connectivity index (χ3n) is 1.29. The van der Waals surface area contributed by atoms with Crippen LogP contribution in [0.25, 0.3) is 0 Å². The van der Waals surface area contributed by atoms with Gasteiger partial charge in [0.25, 0.3) is 0 Å². The molecule has 48 valence electrons. The van der Waals surface area contributed by atoms with E-state index >= 15 is 0 Å². The number of ketones is 1. The molecular formula is C6H11BrO. The van der Waals surface area contributed by atoms with E-state index in [9.17, 15) is 4.79 Å². The van der Waals surface area contributed by atoms with Crippen molar-refractivity contribution < 1.29 is 4.79 Å². The molecule has 0 radical (unpaired) electrons. The van der Waals surface area contributed by atoms with E-state index in [2.05, 4.69) is 15.9 Å². The van der Waals surface area contributed by atoms with Gasteiger partial charge < -0.3 is 0 Å². The third-order valence-corrected chi connectivity index (χ3v) is 1.85. The highest BCUT2D eigenvalue weighted by Crippen LogP contribution is 2.03. The molecule has 1 atom stereocenters. The van der Waals surface area contributed by atoms with E-state index < -0.39 is 0 Å². The Hall–Kier alpha value is 0.150. The van der Waals surface area contributed by atoms with Crippen LogP contribution in [0, 0.1) is 5.92 Å². The van der Waals surface area contributed by atoms with Crippen molar-refractivity contribution in [1.82, 2.24) is 0 Å². The molecule has 0 amide bonds. The van der Waals surface area contributed by atoms with Gasteiger partial charge in [0.05, 0.1) is 5.33 Å². The van der Waals surface area contributed by atoms with E-state index in [1.165, 1.54) is 0 Å². The molecule has 2 heteroatoms. The maximum Gasteiger partial charge on any atom is 0.146 e. The fourth-order valence-electron chi connectivity index (χ4n) is 0.359. The van der Waals surface area contributed by atoms with E-state index in [0.717, 1.165) is 6.42 Å².